The maximum absolute atomic E-state index is 3.40. The minimum atomic E-state index is 1.29. The van der Waals surface area contributed by atoms with Gasteiger partial charge in [0, 0.05) is 12.4 Å². The number of aromatic nitrogens is 1. The Balaban J connectivity index is 1.84. The van der Waals surface area contributed by atoms with Gasteiger partial charge in [-0.2, -0.15) is 0 Å². The molecule has 1 heterocycles. The number of hydrogen-bond acceptors (Lipinski definition) is 0. The van der Waals surface area contributed by atoms with Crippen molar-refractivity contribution in [3.05, 3.63) is 23.5 Å². The normalized spacial score (nSPS) is 11.5. The molecule has 0 aliphatic heterocycles. The van der Waals surface area contributed by atoms with Gasteiger partial charge in [0.05, 0.1) is 0 Å². The lowest BCUT2D eigenvalue weighted by Crippen LogP contribution is -1.92. The van der Waals surface area contributed by atoms with E-state index in [0.29, 0.717) is 0 Å². The van der Waals surface area contributed by atoms with Crippen molar-refractivity contribution in [2.24, 2.45) is 0 Å². The standard InChI is InChI=1S/C36H69N/c1-3-5-7-9-11-13-15-17-18-19-20-22-24-26-28-30-32-36-34-37-33-35(36)31-29-27-25-23-21-16-14-12-10-8-6-4-2/h33-34,37H,3-32H2,1-2H3. The Morgan fingerprint density at radius 3 is 0.784 bits per heavy atom. The molecule has 0 aromatic carbocycles. The highest BCUT2D eigenvalue weighted by atomic mass is 14.6. The maximum Gasteiger partial charge on any atom is 0.00401 e. The summed E-state index contributed by atoms with van der Waals surface area (Å²) in [5.41, 5.74) is 3.21. The van der Waals surface area contributed by atoms with Gasteiger partial charge in [-0.25, -0.2) is 0 Å². The molecule has 1 aromatic heterocycles. The van der Waals surface area contributed by atoms with Crippen LogP contribution in [0.5, 0.6) is 0 Å². The first-order chi connectivity index (χ1) is 18.4. The van der Waals surface area contributed by atoms with E-state index in [1.807, 2.05) is 0 Å². The monoisotopic (exact) mass is 516 g/mol. The predicted molar refractivity (Wildman–Crippen MR) is 169 cm³/mol. The SMILES string of the molecule is CCCCCCCCCCCCCCCCCCc1c[nH]cc1CCCCCCCCCCCCCC. The van der Waals surface area contributed by atoms with Crippen molar-refractivity contribution in [3.63, 3.8) is 0 Å². The molecule has 0 saturated carbocycles. The molecule has 0 aliphatic rings. The Labute approximate surface area is 234 Å². The van der Waals surface area contributed by atoms with Gasteiger partial charge >= 0.3 is 0 Å². The van der Waals surface area contributed by atoms with Crippen molar-refractivity contribution in [3.8, 4) is 0 Å². The molecular formula is C36H69N. The van der Waals surface area contributed by atoms with Gasteiger partial charge in [0.1, 0.15) is 0 Å². The molecule has 0 atom stereocenters. The third-order valence-electron chi connectivity index (χ3n) is 8.53. The van der Waals surface area contributed by atoms with Crippen LogP contribution >= 0.6 is 0 Å². The molecule has 1 heteroatoms. The lowest BCUT2D eigenvalue weighted by atomic mass is 9.99. The number of nitrogens with one attached hydrogen (secondary N) is 1. The van der Waals surface area contributed by atoms with Crippen LogP contribution in [0.25, 0.3) is 0 Å². The van der Waals surface area contributed by atoms with Crippen molar-refractivity contribution >= 4 is 0 Å². The summed E-state index contributed by atoms with van der Waals surface area (Å²) in [6.07, 6.45) is 47.6. The summed E-state index contributed by atoms with van der Waals surface area (Å²) < 4.78 is 0. The second-order valence-electron chi connectivity index (χ2n) is 12.2. The highest BCUT2D eigenvalue weighted by Crippen LogP contribution is 2.18. The fourth-order valence-corrected chi connectivity index (χ4v) is 5.91. The molecule has 1 rings (SSSR count). The average molecular weight is 516 g/mol. The van der Waals surface area contributed by atoms with E-state index in [1.54, 1.807) is 11.1 Å². The maximum atomic E-state index is 3.40. The van der Waals surface area contributed by atoms with Gasteiger partial charge in [-0.3, -0.25) is 0 Å². The minimum Gasteiger partial charge on any atom is -0.367 e. The van der Waals surface area contributed by atoms with Crippen molar-refractivity contribution in [2.75, 3.05) is 0 Å². The van der Waals surface area contributed by atoms with E-state index < -0.39 is 0 Å². The van der Waals surface area contributed by atoms with Crippen LogP contribution in [0.4, 0.5) is 0 Å². The fourth-order valence-electron chi connectivity index (χ4n) is 5.91. The van der Waals surface area contributed by atoms with Gasteiger partial charge in [-0.1, -0.05) is 181 Å². The molecule has 0 saturated heterocycles. The van der Waals surface area contributed by atoms with Gasteiger partial charge in [0.2, 0.25) is 0 Å². The van der Waals surface area contributed by atoms with E-state index in [9.17, 15) is 0 Å². The summed E-state index contributed by atoms with van der Waals surface area (Å²) in [4.78, 5) is 3.40. The van der Waals surface area contributed by atoms with E-state index >= 15 is 0 Å². The molecule has 218 valence electrons. The number of aromatic amines is 1. The first kappa shape index (κ1) is 34.3. The van der Waals surface area contributed by atoms with Gasteiger partial charge in [-0.15, -0.1) is 0 Å². The molecule has 0 radical (unpaired) electrons. The van der Waals surface area contributed by atoms with Crippen LogP contribution in [0.1, 0.15) is 205 Å². The van der Waals surface area contributed by atoms with E-state index in [4.69, 9.17) is 0 Å². The number of hydrogen-bond donors (Lipinski definition) is 1. The van der Waals surface area contributed by atoms with Crippen molar-refractivity contribution < 1.29 is 0 Å². The van der Waals surface area contributed by atoms with Crippen LogP contribution in [-0.2, 0) is 12.8 Å². The minimum absolute atomic E-state index is 1.29. The number of rotatable bonds is 30. The Kier molecular flexibility index (Phi) is 26.2. The van der Waals surface area contributed by atoms with E-state index in [1.165, 1.54) is 193 Å². The number of aryl methyl sites for hydroxylation is 2. The van der Waals surface area contributed by atoms with Crippen molar-refractivity contribution in [1.82, 2.24) is 4.98 Å². The third-order valence-corrected chi connectivity index (χ3v) is 8.53. The smallest absolute Gasteiger partial charge is 0.00401 e. The van der Waals surface area contributed by atoms with E-state index in [-0.39, 0.29) is 0 Å². The molecule has 0 fully saturated rings. The molecule has 0 unspecified atom stereocenters. The molecular weight excluding hydrogens is 446 g/mol. The Morgan fingerprint density at radius 1 is 0.324 bits per heavy atom. The second-order valence-corrected chi connectivity index (χ2v) is 12.2. The molecule has 0 bridgehead atoms. The average Bonchev–Trinajstić information content (AvgIpc) is 3.36. The van der Waals surface area contributed by atoms with Crippen LogP contribution in [0, 0.1) is 0 Å². The van der Waals surface area contributed by atoms with Crippen molar-refractivity contribution in [2.45, 2.75) is 206 Å². The molecule has 0 aliphatic carbocycles. The van der Waals surface area contributed by atoms with Gasteiger partial charge in [0.25, 0.3) is 0 Å². The summed E-state index contributed by atoms with van der Waals surface area (Å²) in [5, 5.41) is 0. The zero-order chi connectivity index (χ0) is 26.5. The number of H-pyrrole nitrogens is 1. The Hall–Kier alpha value is -0.720. The number of unbranched alkanes of at least 4 members (excludes halogenated alkanes) is 26. The summed E-state index contributed by atoms with van der Waals surface area (Å²) in [7, 11) is 0. The van der Waals surface area contributed by atoms with Gasteiger partial charge in [0.15, 0.2) is 0 Å². The van der Waals surface area contributed by atoms with Crippen LogP contribution in [0.3, 0.4) is 0 Å². The zero-order valence-electron chi connectivity index (χ0n) is 25.9. The highest BCUT2D eigenvalue weighted by molar-refractivity contribution is 5.23. The Bertz CT molecular complexity index is 545. The first-order valence-corrected chi connectivity index (χ1v) is 17.5. The summed E-state index contributed by atoms with van der Waals surface area (Å²) >= 11 is 0. The zero-order valence-corrected chi connectivity index (χ0v) is 25.9. The molecule has 1 N–H and O–H groups in total. The molecule has 0 spiro atoms. The first-order valence-electron chi connectivity index (χ1n) is 17.5. The largest absolute Gasteiger partial charge is 0.367 e. The van der Waals surface area contributed by atoms with Crippen LogP contribution in [-0.4, -0.2) is 4.98 Å². The van der Waals surface area contributed by atoms with Gasteiger partial charge < -0.3 is 4.98 Å². The van der Waals surface area contributed by atoms with E-state index in [2.05, 4.69) is 31.2 Å². The predicted octanol–water partition coefficient (Wildman–Crippen LogP) is 13.1. The fraction of sp³-hybridized carbons (Fsp3) is 0.889. The molecule has 0 amide bonds. The highest BCUT2D eigenvalue weighted by Gasteiger charge is 2.04. The van der Waals surface area contributed by atoms with Crippen LogP contribution in [0.2, 0.25) is 0 Å². The second kappa shape index (κ2) is 28.3. The molecule has 1 nitrogen and oxygen atoms in total. The van der Waals surface area contributed by atoms with Crippen molar-refractivity contribution in [1.29, 1.82) is 0 Å². The van der Waals surface area contributed by atoms with Gasteiger partial charge in [-0.05, 0) is 36.8 Å². The summed E-state index contributed by atoms with van der Waals surface area (Å²) in [6.45, 7) is 4.61. The lowest BCUT2D eigenvalue weighted by molar-refractivity contribution is 0.529. The summed E-state index contributed by atoms with van der Waals surface area (Å²) in [6, 6.07) is 0. The topological polar surface area (TPSA) is 15.8 Å². The quantitative estimate of drug-likeness (QED) is 0.0980. The van der Waals surface area contributed by atoms with E-state index in [0.717, 1.165) is 0 Å². The molecule has 1 aromatic rings. The summed E-state index contributed by atoms with van der Waals surface area (Å²) in [5.74, 6) is 0. The van der Waals surface area contributed by atoms with Crippen LogP contribution in [0.15, 0.2) is 12.4 Å². The Morgan fingerprint density at radius 2 is 0.541 bits per heavy atom. The van der Waals surface area contributed by atoms with Crippen LogP contribution < -0.4 is 0 Å². The lowest BCUT2D eigenvalue weighted by Gasteiger charge is -2.06. The third kappa shape index (κ3) is 22.9. The molecule has 37 heavy (non-hydrogen) atoms.